The molecule has 0 radical (unpaired) electrons. The Morgan fingerprint density at radius 2 is 1.92 bits per heavy atom. The summed E-state index contributed by atoms with van der Waals surface area (Å²) in [5.74, 6) is 1.81. The maximum absolute atomic E-state index is 12.7. The number of carbonyl (C=O) groups excluding carboxylic acids is 1. The van der Waals surface area contributed by atoms with Gasteiger partial charge in [-0.1, -0.05) is 49.0 Å². The summed E-state index contributed by atoms with van der Waals surface area (Å²) < 4.78 is 2.09. The van der Waals surface area contributed by atoms with Crippen molar-refractivity contribution in [3.63, 3.8) is 0 Å². The number of rotatable bonds is 5. The summed E-state index contributed by atoms with van der Waals surface area (Å²) in [6.07, 6.45) is 2.21. The third-order valence-corrected chi connectivity index (χ3v) is 5.88. The van der Waals surface area contributed by atoms with E-state index in [1.54, 1.807) is 0 Å². The molecule has 0 N–H and O–H groups in total. The Balaban J connectivity index is 1.67. The third kappa shape index (κ3) is 4.42. The molecule has 1 amide bonds. The highest BCUT2D eigenvalue weighted by atomic mass is 32.2. The molecular weight excluding hydrogens is 332 g/mol. The van der Waals surface area contributed by atoms with Crippen LogP contribution in [0.3, 0.4) is 0 Å². The molecule has 1 aromatic heterocycles. The number of hydrogen-bond donors (Lipinski definition) is 0. The summed E-state index contributed by atoms with van der Waals surface area (Å²) in [5.41, 5.74) is 1.20. The zero-order chi connectivity index (χ0) is 17.8. The molecular formula is C19H26N4OS. The van der Waals surface area contributed by atoms with E-state index in [1.807, 2.05) is 36.9 Å². The number of thioether (sulfide) groups is 1. The van der Waals surface area contributed by atoms with Gasteiger partial charge in [-0.05, 0) is 38.2 Å². The van der Waals surface area contributed by atoms with E-state index in [0.717, 1.165) is 49.4 Å². The van der Waals surface area contributed by atoms with Crippen LogP contribution in [0.25, 0.3) is 0 Å². The second kappa shape index (κ2) is 8.04. The van der Waals surface area contributed by atoms with Gasteiger partial charge in [-0.15, -0.1) is 10.2 Å². The van der Waals surface area contributed by atoms with Crippen molar-refractivity contribution in [2.75, 3.05) is 13.1 Å². The van der Waals surface area contributed by atoms with E-state index in [4.69, 9.17) is 0 Å². The van der Waals surface area contributed by atoms with Gasteiger partial charge >= 0.3 is 0 Å². The van der Waals surface area contributed by atoms with Crippen molar-refractivity contribution in [2.24, 2.45) is 5.92 Å². The van der Waals surface area contributed by atoms with Crippen LogP contribution in [-0.2, 0) is 11.3 Å². The minimum atomic E-state index is -0.147. The van der Waals surface area contributed by atoms with Crippen LogP contribution in [0.2, 0.25) is 0 Å². The van der Waals surface area contributed by atoms with Crippen LogP contribution in [0, 0.1) is 12.8 Å². The second-order valence-electron chi connectivity index (χ2n) is 6.87. The number of nitrogens with zero attached hydrogens (tertiary/aromatic N) is 4. The molecule has 0 unspecified atom stereocenters. The van der Waals surface area contributed by atoms with Crippen molar-refractivity contribution in [1.29, 1.82) is 0 Å². The monoisotopic (exact) mass is 358 g/mol. The molecule has 1 aromatic carbocycles. The van der Waals surface area contributed by atoms with Gasteiger partial charge in [0.1, 0.15) is 5.82 Å². The van der Waals surface area contributed by atoms with Crippen LogP contribution in [0.1, 0.15) is 38.1 Å². The predicted octanol–water partition coefficient (Wildman–Crippen LogP) is 3.37. The normalized spacial score (nSPS) is 16.8. The lowest BCUT2D eigenvalue weighted by Crippen LogP contribution is -2.41. The molecule has 1 saturated heterocycles. The van der Waals surface area contributed by atoms with E-state index in [9.17, 15) is 4.79 Å². The number of carbonyl (C=O) groups is 1. The van der Waals surface area contributed by atoms with Gasteiger partial charge in [0, 0.05) is 13.1 Å². The van der Waals surface area contributed by atoms with Gasteiger partial charge in [0.25, 0.3) is 0 Å². The van der Waals surface area contributed by atoms with Gasteiger partial charge in [0.05, 0.1) is 11.8 Å². The molecule has 0 saturated carbocycles. The molecule has 134 valence electrons. The van der Waals surface area contributed by atoms with Crippen LogP contribution in [0.4, 0.5) is 0 Å². The standard InChI is InChI=1S/C19H26N4OS/c1-14-9-11-22(12-10-14)18(24)15(2)25-19-21-20-16(3)23(19)13-17-7-5-4-6-8-17/h4-8,14-15H,9-13H2,1-3H3/t15-/m0/s1. The molecule has 1 aliphatic rings. The molecule has 0 bridgehead atoms. The van der Waals surface area contributed by atoms with Crippen LogP contribution in [0.15, 0.2) is 35.5 Å². The van der Waals surface area contributed by atoms with Crippen molar-refractivity contribution in [3.05, 3.63) is 41.7 Å². The Bertz CT molecular complexity index is 707. The third-order valence-electron chi connectivity index (χ3n) is 4.81. The van der Waals surface area contributed by atoms with Crippen molar-refractivity contribution in [2.45, 2.75) is 50.6 Å². The quantitative estimate of drug-likeness (QED) is 0.769. The average molecular weight is 359 g/mol. The minimum absolute atomic E-state index is 0.147. The molecule has 0 spiro atoms. The van der Waals surface area contributed by atoms with Gasteiger partial charge in [-0.3, -0.25) is 4.79 Å². The summed E-state index contributed by atoms with van der Waals surface area (Å²) in [6, 6.07) is 10.3. The predicted molar refractivity (Wildman–Crippen MR) is 101 cm³/mol. The average Bonchev–Trinajstić information content (AvgIpc) is 2.96. The zero-order valence-electron chi connectivity index (χ0n) is 15.2. The molecule has 2 heterocycles. The fourth-order valence-electron chi connectivity index (χ4n) is 3.09. The Kier molecular flexibility index (Phi) is 5.78. The van der Waals surface area contributed by atoms with Crippen LogP contribution >= 0.6 is 11.8 Å². The van der Waals surface area contributed by atoms with Gasteiger partial charge in [0.15, 0.2) is 5.16 Å². The van der Waals surface area contributed by atoms with Crippen molar-refractivity contribution in [3.8, 4) is 0 Å². The minimum Gasteiger partial charge on any atom is -0.342 e. The van der Waals surface area contributed by atoms with E-state index in [0.29, 0.717) is 0 Å². The van der Waals surface area contributed by atoms with Crippen molar-refractivity contribution >= 4 is 17.7 Å². The highest BCUT2D eigenvalue weighted by Crippen LogP contribution is 2.26. The fraction of sp³-hybridized carbons (Fsp3) is 0.526. The van der Waals surface area contributed by atoms with Crippen LogP contribution in [-0.4, -0.2) is 43.9 Å². The molecule has 1 atom stereocenters. The number of aromatic nitrogens is 3. The Labute approximate surface area is 153 Å². The van der Waals surface area contributed by atoms with Gasteiger partial charge in [0.2, 0.25) is 5.91 Å². The first-order chi connectivity index (χ1) is 12.0. The van der Waals surface area contributed by atoms with Crippen molar-refractivity contribution < 1.29 is 4.79 Å². The lowest BCUT2D eigenvalue weighted by Gasteiger charge is -2.31. The molecule has 5 nitrogen and oxygen atoms in total. The van der Waals surface area contributed by atoms with E-state index >= 15 is 0 Å². The van der Waals surface area contributed by atoms with E-state index in [1.165, 1.54) is 17.3 Å². The fourth-order valence-corrected chi connectivity index (χ4v) is 4.07. The van der Waals surface area contributed by atoms with Crippen LogP contribution in [0.5, 0.6) is 0 Å². The summed E-state index contributed by atoms with van der Waals surface area (Å²) in [7, 11) is 0. The summed E-state index contributed by atoms with van der Waals surface area (Å²) >= 11 is 1.51. The first-order valence-corrected chi connectivity index (χ1v) is 9.81. The molecule has 6 heteroatoms. The van der Waals surface area contributed by atoms with E-state index < -0.39 is 0 Å². The first kappa shape index (κ1) is 18.0. The molecule has 3 rings (SSSR count). The lowest BCUT2D eigenvalue weighted by molar-refractivity contribution is -0.131. The zero-order valence-corrected chi connectivity index (χ0v) is 16.0. The van der Waals surface area contributed by atoms with Gasteiger partial charge in [-0.25, -0.2) is 0 Å². The molecule has 2 aromatic rings. The summed E-state index contributed by atoms with van der Waals surface area (Å²) in [6.45, 7) is 8.67. The smallest absolute Gasteiger partial charge is 0.235 e. The molecule has 25 heavy (non-hydrogen) atoms. The summed E-state index contributed by atoms with van der Waals surface area (Å²) in [4.78, 5) is 14.7. The van der Waals surface area contributed by atoms with Gasteiger partial charge in [-0.2, -0.15) is 0 Å². The van der Waals surface area contributed by atoms with Gasteiger partial charge < -0.3 is 9.47 Å². The topological polar surface area (TPSA) is 51.0 Å². The molecule has 1 fully saturated rings. The highest BCUT2D eigenvalue weighted by Gasteiger charge is 2.26. The Morgan fingerprint density at radius 3 is 2.60 bits per heavy atom. The maximum Gasteiger partial charge on any atom is 0.235 e. The largest absolute Gasteiger partial charge is 0.342 e. The van der Waals surface area contributed by atoms with E-state index in [-0.39, 0.29) is 11.2 Å². The second-order valence-corrected chi connectivity index (χ2v) is 8.18. The van der Waals surface area contributed by atoms with Crippen molar-refractivity contribution in [1.82, 2.24) is 19.7 Å². The molecule has 1 aliphatic heterocycles. The summed E-state index contributed by atoms with van der Waals surface area (Å²) in [5, 5.41) is 9.18. The number of likely N-dealkylation sites (tertiary alicyclic amines) is 1. The highest BCUT2D eigenvalue weighted by molar-refractivity contribution is 8.00. The SMILES string of the molecule is Cc1nnc(S[C@@H](C)C(=O)N2CCC(C)CC2)n1Cc1ccccc1. The van der Waals surface area contributed by atoms with Crippen LogP contribution < -0.4 is 0 Å². The number of hydrogen-bond acceptors (Lipinski definition) is 4. The number of amides is 1. The Morgan fingerprint density at radius 1 is 1.24 bits per heavy atom. The number of piperidine rings is 1. The van der Waals surface area contributed by atoms with E-state index in [2.05, 4.69) is 33.8 Å². The first-order valence-electron chi connectivity index (χ1n) is 8.93. The number of benzene rings is 1. The lowest BCUT2D eigenvalue weighted by atomic mass is 9.99. The maximum atomic E-state index is 12.7. The number of aryl methyl sites for hydroxylation is 1. The Hall–Kier alpha value is -1.82. The molecule has 0 aliphatic carbocycles.